The summed E-state index contributed by atoms with van der Waals surface area (Å²) in [5.41, 5.74) is 0.406. The zero-order valence-electron chi connectivity index (χ0n) is 17.8. The number of carbonyl (C=O) groups is 2. The molecule has 0 aliphatic heterocycles. The zero-order valence-corrected chi connectivity index (χ0v) is 18.6. The van der Waals surface area contributed by atoms with Crippen LogP contribution < -0.4 is 4.74 Å². The molecule has 0 fully saturated rings. The van der Waals surface area contributed by atoms with E-state index in [0.29, 0.717) is 28.8 Å². The molecule has 8 nitrogen and oxygen atoms in total. The van der Waals surface area contributed by atoms with Gasteiger partial charge in [-0.15, -0.1) is 0 Å². The third-order valence-electron chi connectivity index (χ3n) is 4.81. The molecule has 168 valence electrons. The number of hydrogen-bond acceptors (Lipinski definition) is 8. The molecule has 1 N–H and O–H groups in total. The molecular weight excluding hydrogens is 432 g/mol. The van der Waals surface area contributed by atoms with Gasteiger partial charge in [-0.2, -0.15) is 0 Å². The smallest absolute Gasteiger partial charge is 0.219 e. The average molecular weight is 457 g/mol. The average Bonchev–Trinajstić information content (AvgIpc) is 2.77. The van der Waals surface area contributed by atoms with Gasteiger partial charge in [-0.1, -0.05) is 11.2 Å². The lowest BCUT2D eigenvalue weighted by Gasteiger charge is -2.22. The Balaban J connectivity index is 1.71. The van der Waals surface area contributed by atoms with Crippen molar-refractivity contribution in [1.82, 2.24) is 4.98 Å². The maximum Gasteiger partial charge on any atom is 0.219 e. The van der Waals surface area contributed by atoms with Crippen LogP contribution in [0.5, 0.6) is 11.6 Å². The van der Waals surface area contributed by atoms with Gasteiger partial charge >= 0.3 is 0 Å². The van der Waals surface area contributed by atoms with Gasteiger partial charge in [0.15, 0.2) is 16.5 Å². The molecule has 3 rings (SSSR count). The molecule has 1 aliphatic carbocycles. The number of ether oxygens (including phenoxy) is 1. The molecule has 0 amide bonds. The van der Waals surface area contributed by atoms with E-state index in [1.54, 1.807) is 55.6 Å². The Labute approximate surface area is 189 Å². The Hall–Kier alpha value is -3.17. The van der Waals surface area contributed by atoms with Crippen LogP contribution in [-0.4, -0.2) is 45.3 Å². The quantitative estimate of drug-likeness (QED) is 0.263. The number of oxime groups is 1. The second kappa shape index (κ2) is 10.9. The highest BCUT2D eigenvalue weighted by atomic mass is 32.2. The van der Waals surface area contributed by atoms with Gasteiger partial charge in [0.2, 0.25) is 5.88 Å². The lowest BCUT2D eigenvalue weighted by atomic mass is 9.83. The van der Waals surface area contributed by atoms with Crippen LogP contribution in [0.4, 0.5) is 0 Å². The first-order chi connectivity index (χ1) is 15.4. The summed E-state index contributed by atoms with van der Waals surface area (Å²) in [6, 6.07) is 12.0. The monoisotopic (exact) mass is 456 g/mol. The van der Waals surface area contributed by atoms with Crippen LogP contribution in [-0.2, 0) is 25.6 Å². The van der Waals surface area contributed by atoms with Gasteiger partial charge in [0.05, 0.1) is 18.2 Å². The third-order valence-corrected chi connectivity index (χ3v) is 5.75. The fourth-order valence-electron chi connectivity index (χ4n) is 3.30. The van der Waals surface area contributed by atoms with Gasteiger partial charge in [-0.25, -0.2) is 4.98 Å². The highest BCUT2D eigenvalue weighted by Gasteiger charge is 2.32. The standard InChI is InChI=1S/C23H24N2O6S/c1-3-30-24-12-11-19(26)23-20(27)13-15(14-21(23)28)18-5-4-6-22(25-18)31-16-7-9-17(10-8-16)32(2)29/h4-10,12,15,27H,3,11,13-14H2,1-2H3. The summed E-state index contributed by atoms with van der Waals surface area (Å²) in [5.74, 6) is -0.659. The number of pyridine rings is 1. The van der Waals surface area contributed by atoms with Crippen molar-refractivity contribution in [3.8, 4) is 11.6 Å². The van der Waals surface area contributed by atoms with E-state index in [2.05, 4.69) is 10.1 Å². The molecule has 9 heteroatoms. The Morgan fingerprint density at radius 3 is 2.69 bits per heavy atom. The van der Waals surface area contributed by atoms with Gasteiger partial charge < -0.3 is 19.2 Å². The van der Waals surface area contributed by atoms with E-state index in [1.807, 2.05) is 0 Å². The number of nitrogens with zero attached hydrogens (tertiary/aromatic N) is 2. The number of hydrogen-bond donors (Lipinski definition) is 1. The van der Waals surface area contributed by atoms with Gasteiger partial charge in [-0.05, 0) is 48.4 Å². The maximum atomic E-state index is 12.6. The predicted octanol–water partition coefficient (Wildman–Crippen LogP) is 3.85. The van der Waals surface area contributed by atoms with Crippen LogP contribution in [0.1, 0.15) is 37.8 Å². The zero-order chi connectivity index (χ0) is 23.1. The van der Waals surface area contributed by atoms with Crippen molar-refractivity contribution in [2.24, 2.45) is 5.16 Å². The van der Waals surface area contributed by atoms with Crippen LogP contribution >= 0.6 is 0 Å². The largest absolute Gasteiger partial charge is 0.612 e. The molecule has 32 heavy (non-hydrogen) atoms. The second-order valence-electron chi connectivity index (χ2n) is 7.11. The van der Waals surface area contributed by atoms with Crippen molar-refractivity contribution in [2.45, 2.75) is 37.0 Å². The molecule has 0 saturated heterocycles. The number of Topliss-reactive ketones (excluding diaryl/α,β-unsaturated/α-hetero) is 2. The molecule has 0 radical (unpaired) electrons. The summed E-state index contributed by atoms with van der Waals surface area (Å²) >= 11 is -1.08. The fourth-order valence-corrected chi connectivity index (χ4v) is 3.82. The van der Waals surface area contributed by atoms with Gasteiger partial charge in [0.25, 0.3) is 0 Å². The molecule has 0 bridgehead atoms. The van der Waals surface area contributed by atoms with Gasteiger partial charge in [0.1, 0.15) is 24.4 Å². The molecule has 1 aliphatic rings. The molecule has 1 aromatic heterocycles. The normalized spacial score (nSPS) is 17.5. The van der Waals surface area contributed by atoms with Crippen LogP contribution in [0.15, 0.2) is 63.8 Å². The first-order valence-corrected chi connectivity index (χ1v) is 11.7. The summed E-state index contributed by atoms with van der Waals surface area (Å²) in [5, 5.41) is 14.0. The summed E-state index contributed by atoms with van der Waals surface area (Å²) in [4.78, 5) is 34.8. The lowest BCUT2D eigenvalue weighted by Crippen LogP contribution is -2.24. The third kappa shape index (κ3) is 5.95. The van der Waals surface area contributed by atoms with Crippen molar-refractivity contribution in [3.05, 3.63) is 59.5 Å². The number of aliphatic hydroxyl groups excluding tert-OH is 1. The molecular formula is C23H24N2O6S. The topological polar surface area (TPSA) is 121 Å². The van der Waals surface area contributed by atoms with Gasteiger partial charge in [0, 0.05) is 30.5 Å². The van der Waals surface area contributed by atoms with Crippen LogP contribution in [0, 0.1) is 0 Å². The van der Waals surface area contributed by atoms with E-state index < -0.39 is 22.7 Å². The van der Waals surface area contributed by atoms with Crippen molar-refractivity contribution >= 4 is 29.0 Å². The highest BCUT2D eigenvalue weighted by Crippen LogP contribution is 2.34. The lowest BCUT2D eigenvalue weighted by molar-refractivity contribution is -0.122. The first-order valence-electron chi connectivity index (χ1n) is 10.1. The van der Waals surface area contributed by atoms with Crippen molar-refractivity contribution in [1.29, 1.82) is 0 Å². The summed E-state index contributed by atoms with van der Waals surface area (Å²) in [6.07, 6.45) is 2.94. The Morgan fingerprint density at radius 1 is 1.28 bits per heavy atom. The molecule has 1 heterocycles. The minimum Gasteiger partial charge on any atom is -0.612 e. The number of rotatable bonds is 9. The first kappa shape index (κ1) is 23.5. The fraction of sp³-hybridized carbons (Fsp3) is 0.304. The minimum atomic E-state index is -1.08. The van der Waals surface area contributed by atoms with E-state index in [0.717, 1.165) is 0 Å². The van der Waals surface area contributed by atoms with Gasteiger partial charge in [-0.3, -0.25) is 9.59 Å². The van der Waals surface area contributed by atoms with Crippen LogP contribution in [0.25, 0.3) is 0 Å². The van der Waals surface area contributed by atoms with Crippen LogP contribution in [0.3, 0.4) is 0 Å². The van der Waals surface area contributed by atoms with Crippen molar-refractivity contribution in [2.75, 3.05) is 12.9 Å². The number of ketones is 2. The highest BCUT2D eigenvalue weighted by molar-refractivity contribution is 7.90. The summed E-state index contributed by atoms with van der Waals surface area (Å²) in [6.45, 7) is 2.14. The van der Waals surface area contributed by atoms with E-state index >= 15 is 0 Å². The second-order valence-corrected chi connectivity index (χ2v) is 8.49. The SMILES string of the molecule is CCON=CCC(=O)C1=C(O)CC(c2cccc(Oc3ccc([S+](C)[O-])cc3)n2)CC1=O. The molecule has 2 atom stereocenters. The Kier molecular flexibility index (Phi) is 8.02. The number of aliphatic hydroxyl groups is 1. The van der Waals surface area contributed by atoms with Crippen molar-refractivity contribution in [3.63, 3.8) is 0 Å². The van der Waals surface area contributed by atoms with E-state index in [-0.39, 0.29) is 36.5 Å². The predicted molar refractivity (Wildman–Crippen MR) is 119 cm³/mol. The molecule has 1 aromatic carbocycles. The van der Waals surface area contributed by atoms with E-state index in [9.17, 15) is 19.2 Å². The molecule has 2 unspecified atom stereocenters. The molecule has 0 saturated carbocycles. The van der Waals surface area contributed by atoms with Crippen LogP contribution in [0.2, 0.25) is 0 Å². The Bertz CT molecular complexity index is 1030. The number of benzene rings is 1. The molecule has 2 aromatic rings. The van der Waals surface area contributed by atoms with Crippen molar-refractivity contribution < 1.29 is 28.8 Å². The number of carbonyl (C=O) groups excluding carboxylic acids is 2. The summed E-state index contributed by atoms with van der Waals surface area (Å²) in [7, 11) is 0. The maximum absolute atomic E-state index is 12.6. The minimum absolute atomic E-state index is 0.0567. The molecule has 0 spiro atoms. The number of aromatic nitrogens is 1. The summed E-state index contributed by atoms with van der Waals surface area (Å²) < 4.78 is 17.3. The number of allylic oxidation sites excluding steroid dienone is 2. The Morgan fingerprint density at radius 2 is 2.03 bits per heavy atom. The van der Waals surface area contributed by atoms with E-state index in [1.165, 1.54) is 6.21 Å². The van der Waals surface area contributed by atoms with E-state index in [4.69, 9.17) is 9.57 Å².